The molecule has 1 amide bonds. The Bertz CT molecular complexity index is 1350. The first-order valence-corrected chi connectivity index (χ1v) is 9.68. The summed E-state index contributed by atoms with van der Waals surface area (Å²) in [6.07, 6.45) is 1.49. The number of amides is 1. The third-order valence-corrected chi connectivity index (χ3v) is 4.97. The first-order chi connectivity index (χ1) is 15.0. The number of hydrogen-bond donors (Lipinski definition) is 1. The van der Waals surface area contributed by atoms with Crippen molar-refractivity contribution in [2.75, 3.05) is 12.4 Å². The molecule has 4 aromatic rings. The third kappa shape index (κ3) is 4.09. The number of nitrogens with zero attached hydrogens (tertiary/aromatic N) is 1. The highest BCUT2D eigenvalue weighted by atomic mass is 16.5. The molecule has 0 aliphatic rings. The first-order valence-electron chi connectivity index (χ1n) is 9.68. The normalized spacial score (nSPS) is 10.6. The van der Waals surface area contributed by atoms with Crippen LogP contribution in [-0.2, 0) is 9.53 Å². The van der Waals surface area contributed by atoms with Gasteiger partial charge in [0, 0.05) is 30.6 Å². The van der Waals surface area contributed by atoms with Gasteiger partial charge in [-0.2, -0.15) is 0 Å². The number of fused-ring (bicyclic) bond motifs is 1. The summed E-state index contributed by atoms with van der Waals surface area (Å²) in [5.41, 5.74) is 2.37. The van der Waals surface area contributed by atoms with Gasteiger partial charge in [-0.25, -0.2) is 4.79 Å². The summed E-state index contributed by atoms with van der Waals surface area (Å²) in [6.45, 7) is 1.44. The second-order valence-corrected chi connectivity index (χ2v) is 7.09. The largest absolute Gasteiger partial charge is 0.465 e. The number of carbonyl (C=O) groups is 2. The van der Waals surface area contributed by atoms with E-state index in [1.165, 1.54) is 26.3 Å². The number of esters is 1. The summed E-state index contributed by atoms with van der Waals surface area (Å²) in [7, 11) is 1.24. The van der Waals surface area contributed by atoms with Crippen molar-refractivity contribution in [2.45, 2.75) is 6.92 Å². The molecule has 154 valence electrons. The van der Waals surface area contributed by atoms with Gasteiger partial charge in [0.2, 0.25) is 5.91 Å². The molecule has 0 unspecified atom stereocenters. The number of ether oxygens (including phenoxy) is 1. The van der Waals surface area contributed by atoms with Gasteiger partial charge >= 0.3 is 5.97 Å². The van der Waals surface area contributed by atoms with Gasteiger partial charge in [0.05, 0.1) is 12.8 Å². The number of aromatic nitrogens is 1. The van der Waals surface area contributed by atoms with Crippen LogP contribution in [-0.4, -0.2) is 23.6 Å². The van der Waals surface area contributed by atoms with Crippen molar-refractivity contribution >= 4 is 28.3 Å². The maximum Gasteiger partial charge on any atom is 0.343 e. The van der Waals surface area contributed by atoms with Gasteiger partial charge in [0.15, 0.2) is 5.43 Å². The van der Waals surface area contributed by atoms with E-state index in [-0.39, 0.29) is 11.5 Å². The van der Waals surface area contributed by atoms with Crippen molar-refractivity contribution in [3.05, 3.63) is 94.8 Å². The fraction of sp³-hybridized carbons (Fsp3) is 0.0800. The summed E-state index contributed by atoms with van der Waals surface area (Å²) in [6, 6.07) is 22.5. The molecule has 1 N–H and O–H groups in total. The van der Waals surface area contributed by atoms with Gasteiger partial charge in [-0.1, -0.05) is 36.4 Å². The van der Waals surface area contributed by atoms with E-state index in [1.807, 2.05) is 42.5 Å². The lowest BCUT2D eigenvalue weighted by Crippen LogP contribution is -2.19. The van der Waals surface area contributed by atoms with Gasteiger partial charge in [-0.3, -0.25) is 9.59 Å². The van der Waals surface area contributed by atoms with Crippen LogP contribution in [0, 0.1) is 0 Å². The maximum atomic E-state index is 12.7. The van der Waals surface area contributed by atoms with E-state index in [4.69, 9.17) is 4.74 Å². The minimum atomic E-state index is -0.696. The fourth-order valence-corrected chi connectivity index (χ4v) is 3.49. The van der Waals surface area contributed by atoms with Crippen molar-refractivity contribution in [1.82, 2.24) is 4.57 Å². The number of carbonyl (C=O) groups excluding carboxylic acids is 2. The van der Waals surface area contributed by atoms with Crippen LogP contribution >= 0.6 is 0 Å². The van der Waals surface area contributed by atoms with E-state index >= 15 is 0 Å². The fourth-order valence-electron chi connectivity index (χ4n) is 3.49. The topological polar surface area (TPSA) is 77.4 Å². The molecule has 4 rings (SSSR count). The average molecular weight is 412 g/mol. The molecule has 1 heterocycles. The molecule has 31 heavy (non-hydrogen) atoms. The molecule has 0 aliphatic heterocycles. The van der Waals surface area contributed by atoms with Crippen molar-refractivity contribution in [2.24, 2.45) is 0 Å². The Morgan fingerprint density at radius 3 is 2.29 bits per heavy atom. The molecule has 0 saturated carbocycles. The molecule has 0 fully saturated rings. The number of hydrogen-bond acceptors (Lipinski definition) is 4. The zero-order chi connectivity index (χ0) is 22.0. The number of pyridine rings is 1. The summed E-state index contributed by atoms with van der Waals surface area (Å²) < 4.78 is 6.55. The Hall–Kier alpha value is -4.19. The SMILES string of the molecule is COC(=O)c1cn(-c2ccc(NC(C)=O)cc2)c(-c2ccc3ccccc3c2)cc1=O. The highest BCUT2D eigenvalue weighted by Gasteiger charge is 2.16. The van der Waals surface area contributed by atoms with Gasteiger partial charge in [-0.15, -0.1) is 0 Å². The predicted molar refractivity (Wildman–Crippen MR) is 121 cm³/mol. The highest BCUT2D eigenvalue weighted by molar-refractivity contribution is 5.91. The van der Waals surface area contributed by atoms with E-state index in [0.29, 0.717) is 11.4 Å². The average Bonchev–Trinajstić information content (AvgIpc) is 2.78. The minimum absolute atomic E-state index is 0.0574. The smallest absolute Gasteiger partial charge is 0.343 e. The van der Waals surface area contributed by atoms with Gasteiger partial charge in [0.1, 0.15) is 5.56 Å². The first kappa shape index (κ1) is 20.1. The number of benzene rings is 3. The van der Waals surface area contributed by atoms with E-state index in [2.05, 4.69) is 5.32 Å². The lowest BCUT2D eigenvalue weighted by atomic mass is 10.0. The Morgan fingerprint density at radius 2 is 1.61 bits per heavy atom. The van der Waals surface area contributed by atoms with E-state index in [1.54, 1.807) is 28.8 Å². The summed E-state index contributed by atoms with van der Waals surface area (Å²) in [4.78, 5) is 36.1. The van der Waals surface area contributed by atoms with Gasteiger partial charge in [-0.05, 0) is 46.7 Å². The number of nitrogens with one attached hydrogen (secondary N) is 1. The van der Waals surface area contributed by atoms with Crippen molar-refractivity contribution in [1.29, 1.82) is 0 Å². The van der Waals surface area contributed by atoms with Gasteiger partial charge < -0.3 is 14.6 Å². The van der Waals surface area contributed by atoms with Crippen LogP contribution < -0.4 is 10.7 Å². The summed E-state index contributed by atoms with van der Waals surface area (Å²) >= 11 is 0. The van der Waals surface area contributed by atoms with E-state index in [0.717, 1.165) is 22.0 Å². The zero-order valence-electron chi connectivity index (χ0n) is 17.1. The lowest BCUT2D eigenvalue weighted by Gasteiger charge is -2.16. The van der Waals surface area contributed by atoms with Crippen LogP contribution in [0.3, 0.4) is 0 Å². The molecular formula is C25H20N2O4. The van der Waals surface area contributed by atoms with Crippen LogP contribution in [0.2, 0.25) is 0 Å². The van der Waals surface area contributed by atoms with E-state index in [9.17, 15) is 14.4 Å². The van der Waals surface area contributed by atoms with Crippen molar-refractivity contribution in [3.63, 3.8) is 0 Å². The Balaban J connectivity index is 1.91. The standard InChI is InChI=1S/C25H20N2O4/c1-16(28)26-20-9-11-21(12-10-20)27-15-22(25(30)31-2)24(29)14-23(27)19-8-7-17-5-3-4-6-18(17)13-19/h3-15H,1-2H3,(H,26,28). The zero-order valence-corrected chi connectivity index (χ0v) is 17.1. The second kappa shape index (κ2) is 8.28. The number of methoxy groups -OCH3 is 1. The molecule has 0 spiro atoms. The molecular weight excluding hydrogens is 392 g/mol. The van der Waals surface area contributed by atoms with Crippen LogP contribution in [0.5, 0.6) is 0 Å². The molecule has 1 aromatic heterocycles. The highest BCUT2D eigenvalue weighted by Crippen LogP contribution is 2.27. The predicted octanol–water partition coefficient (Wildman–Crippen LogP) is 4.40. The van der Waals surface area contributed by atoms with Crippen LogP contribution in [0.25, 0.3) is 27.7 Å². The number of anilines is 1. The quantitative estimate of drug-likeness (QED) is 0.504. The summed E-state index contributed by atoms with van der Waals surface area (Å²) in [5, 5.41) is 4.85. The minimum Gasteiger partial charge on any atom is -0.465 e. The molecule has 0 aliphatic carbocycles. The van der Waals surface area contributed by atoms with Crippen LogP contribution in [0.4, 0.5) is 5.69 Å². The van der Waals surface area contributed by atoms with Crippen LogP contribution in [0.1, 0.15) is 17.3 Å². The number of rotatable bonds is 4. The molecule has 0 atom stereocenters. The molecule has 6 nitrogen and oxygen atoms in total. The van der Waals surface area contributed by atoms with Crippen LogP contribution in [0.15, 0.2) is 83.8 Å². The lowest BCUT2D eigenvalue weighted by molar-refractivity contribution is -0.114. The molecule has 0 saturated heterocycles. The monoisotopic (exact) mass is 412 g/mol. The maximum absolute atomic E-state index is 12.7. The van der Waals surface area contributed by atoms with E-state index < -0.39 is 11.4 Å². The third-order valence-electron chi connectivity index (χ3n) is 4.97. The molecule has 6 heteroatoms. The van der Waals surface area contributed by atoms with Crippen molar-refractivity contribution in [3.8, 4) is 16.9 Å². The molecule has 3 aromatic carbocycles. The molecule has 0 bridgehead atoms. The Morgan fingerprint density at radius 1 is 0.903 bits per heavy atom. The van der Waals surface area contributed by atoms with Gasteiger partial charge in [0.25, 0.3) is 0 Å². The Kier molecular flexibility index (Phi) is 5.37. The molecule has 0 radical (unpaired) electrons. The summed E-state index contributed by atoms with van der Waals surface area (Å²) in [5.74, 6) is -0.861. The second-order valence-electron chi connectivity index (χ2n) is 7.09. The van der Waals surface area contributed by atoms with Crippen molar-refractivity contribution < 1.29 is 14.3 Å². The Labute approximate surface area is 178 Å².